The highest BCUT2D eigenvalue weighted by molar-refractivity contribution is 5.78. The monoisotopic (exact) mass is 387 g/mol. The number of benzene rings is 2. The molecule has 2 heterocycles. The number of rotatable bonds is 4. The number of aromatic nitrogens is 3. The lowest BCUT2D eigenvalue weighted by Gasteiger charge is -2.11. The molecule has 28 heavy (non-hydrogen) atoms. The highest BCUT2D eigenvalue weighted by Gasteiger charge is 2.13. The van der Waals surface area contributed by atoms with E-state index in [4.69, 9.17) is 4.42 Å². The van der Waals surface area contributed by atoms with E-state index in [1.807, 2.05) is 0 Å². The molecule has 0 saturated heterocycles. The Morgan fingerprint density at radius 2 is 1.93 bits per heavy atom. The van der Waals surface area contributed by atoms with Crippen LogP contribution >= 0.6 is 0 Å². The van der Waals surface area contributed by atoms with Gasteiger partial charge in [0.15, 0.2) is 17.2 Å². The first-order valence-electron chi connectivity index (χ1n) is 8.04. The molecule has 0 spiro atoms. The molecule has 0 fully saturated rings. The molecule has 4 rings (SSSR count). The largest absolute Gasteiger partial charge is 0.417 e. The highest BCUT2D eigenvalue weighted by atomic mass is 19.2. The van der Waals surface area contributed by atoms with Crippen molar-refractivity contribution in [3.63, 3.8) is 0 Å². The number of oxazole rings is 1. The summed E-state index contributed by atoms with van der Waals surface area (Å²) in [7, 11) is 0. The normalized spacial score (nSPS) is 11.0. The molecule has 0 aliphatic heterocycles. The standard InChI is InChI=1S/C18H12F3N5O2/c1-8-7-22-17(24-13-5-9(19)4-11(20)15(13)21)26-16(8)23-10-2-3-14-12(6-10)25-18(27)28-14/h2-7H,1H3,(H,25,27)(H2,22,23,24,26). The van der Waals surface area contributed by atoms with Crippen molar-refractivity contribution in [2.75, 3.05) is 10.6 Å². The molecule has 0 unspecified atom stereocenters. The van der Waals surface area contributed by atoms with Gasteiger partial charge >= 0.3 is 5.76 Å². The number of hydrogen-bond acceptors (Lipinski definition) is 6. The molecule has 2 aromatic carbocycles. The van der Waals surface area contributed by atoms with E-state index < -0.39 is 28.9 Å². The predicted molar refractivity (Wildman–Crippen MR) is 96.5 cm³/mol. The molecule has 0 aliphatic carbocycles. The second-order valence-corrected chi connectivity index (χ2v) is 5.95. The van der Waals surface area contributed by atoms with E-state index in [1.54, 1.807) is 25.1 Å². The van der Waals surface area contributed by atoms with E-state index in [0.29, 0.717) is 34.2 Å². The third-order valence-corrected chi connectivity index (χ3v) is 3.89. The zero-order valence-corrected chi connectivity index (χ0v) is 14.3. The lowest BCUT2D eigenvalue weighted by Crippen LogP contribution is -2.05. The van der Waals surface area contributed by atoms with Gasteiger partial charge in [0.25, 0.3) is 0 Å². The fraction of sp³-hybridized carbons (Fsp3) is 0.0556. The van der Waals surface area contributed by atoms with Gasteiger partial charge in [-0.2, -0.15) is 4.98 Å². The summed E-state index contributed by atoms with van der Waals surface area (Å²) in [5.74, 6) is -3.75. The Labute approximate surface area is 155 Å². The third-order valence-electron chi connectivity index (χ3n) is 3.89. The van der Waals surface area contributed by atoms with Crippen LogP contribution in [0.2, 0.25) is 0 Å². The molecular weight excluding hydrogens is 375 g/mol. The summed E-state index contributed by atoms with van der Waals surface area (Å²) in [6.45, 7) is 1.74. The van der Waals surface area contributed by atoms with Gasteiger partial charge in [0, 0.05) is 29.6 Å². The molecular formula is C18H12F3N5O2. The minimum atomic E-state index is -1.32. The van der Waals surface area contributed by atoms with Crippen LogP contribution in [0.4, 0.5) is 36.3 Å². The van der Waals surface area contributed by atoms with Crippen LogP contribution in [0.25, 0.3) is 11.1 Å². The quantitative estimate of drug-likeness (QED) is 0.456. The number of anilines is 4. The van der Waals surface area contributed by atoms with Gasteiger partial charge in [0.2, 0.25) is 5.95 Å². The van der Waals surface area contributed by atoms with E-state index in [-0.39, 0.29) is 5.95 Å². The Kier molecular flexibility index (Phi) is 4.22. The van der Waals surface area contributed by atoms with Crippen LogP contribution in [0.3, 0.4) is 0 Å². The lowest BCUT2D eigenvalue weighted by molar-refractivity contribution is 0.498. The van der Waals surface area contributed by atoms with Gasteiger partial charge in [-0.1, -0.05) is 0 Å². The van der Waals surface area contributed by atoms with Crippen LogP contribution < -0.4 is 16.4 Å². The highest BCUT2D eigenvalue weighted by Crippen LogP contribution is 2.25. The third kappa shape index (κ3) is 3.39. The summed E-state index contributed by atoms with van der Waals surface area (Å²) in [5, 5.41) is 5.50. The van der Waals surface area contributed by atoms with Crippen molar-refractivity contribution in [3.8, 4) is 0 Å². The zero-order chi connectivity index (χ0) is 19.8. The number of H-pyrrole nitrogens is 1. The molecule has 4 aromatic rings. The summed E-state index contributed by atoms with van der Waals surface area (Å²) in [6, 6.07) is 6.18. The number of aryl methyl sites for hydroxylation is 1. The van der Waals surface area contributed by atoms with E-state index in [1.165, 1.54) is 6.20 Å². The van der Waals surface area contributed by atoms with Crippen molar-refractivity contribution in [2.24, 2.45) is 0 Å². The Balaban J connectivity index is 1.64. The molecule has 0 saturated carbocycles. The predicted octanol–water partition coefficient (Wildman–Crippen LogP) is 4.12. The van der Waals surface area contributed by atoms with Crippen molar-refractivity contribution in [3.05, 3.63) is 70.1 Å². The second-order valence-electron chi connectivity index (χ2n) is 5.95. The Bertz CT molecular complexity index is 1250. The van der Waals surface area contributed by atoms with Gasteiger partial charge in [-0.05, 0) is 25.1 Å². The van der Waals surface area contributed by atoms with Crippen molar-refractivity contribution in [1.29, 1.82) is 0 Å². The van der Waals surface area contributed by atoms with Crippen molar-refractivity contribution in [2.45, 2.75) is 6.92 Å². The minimum Gasteiger partial charge on any atom is -0.408 e. The average Bonchev–Trinajstić information content (AvgIpc) is 3.01. The number of fused-ring (bicyclic) bond motifs is 1. The molecule has 0 radical (unpaired) electrons. The smallest absolute Gasteiger partial charge is 0.408 e. The lowest BCUT2D eigenvalue weighted by atomic mass is 10.2. The molecule has 0 atom stereocenters. The Morgan fingerprint density at radius 3 is 2.75 bits per heavy atom. The topological polar surface area (TPSA) is 95.8 Å². The van der Waals surface area contributed by atoms with Crippen LogP contribution in [-0.4, -0.2) is 15.0 Å². The summed E-state index contributed by atoms with van der Waals surface area (Å²) < 4.78 is 45.5. The van der Waals surface area contributed by atoms with Crippen molar-refractivity contribution in [1.82, 2.24) is 15.0 Å². The fourth-order valence-corrected chi connectivity index (χ4v) is 2.56. The van der Waals surface area contributed by atoms with Crippen molar-refractivity contribution < 1.29 is 17.6 Å². The van der Waals surface area contributed by atoms with Crippen LogP contribution in [0, 0.1) is 24.4 Å². The molecule has 10 heteroatoms. The van der Waals surface area contributed by atoms with Crippen LogP contribution in [0.5, 0.6) is 0 Å². The SMILES string of the molecule is Cc1cnc(Nc2cc(F)cc(F)c2F)nc1Nc1ccc2oc(=O)[nH]c2c1. The van der Waals surface area contributed by atoms with Gasteiger partial charge in [0.05, 0.1) is 11.2 Å². The number of aromatic amines is 1. The fourth-order valence-electron chi connectivity index (χ4n) is 2.56. The maximum absolute atomic E-state index is 13.8. The second kappa shape index (κ2) is 6.72. The average molecular weight is 387 g/mol. The van der Waals surface area contributed by atoms with Gasteiger partial charge in [-0.15, -0.1) is 0 Å². The van der Waals surface area contributed by atoms with Crippen LogP contribution in [0.15, 0.2) is 45.7 Å². The molecule has 0 bridgehead atoms. The maximum atomic E-state index is 13.8. The van der Waals surface area contributed by atoms with Gasteiger partial charge < -0.3 is 15.1 Å². The number of hydrogen-bond donors (Lipinski definition) is 3. The summed E-state index contributed by atoms with van der Waals surface area (Å²) in [6.07, 6.45) is 1.46. The first-order chi connectivity index (χ1) is 13.4. The van der Waals surface area contributed by atoms with Gasteiger partial charge in [-0.25, -0.2) is 22.9 Å². The van der Waals surface area contributed by atoms with E-state index in [0.717, 1.165) is 6.07 Å². The van der Waals surface area contributed by atoms with E-state index in [2.05, 4.69) is 25.6 Å². The van der Waals surface area contributed by atoms with E-state index >= 15 is 0 Å². The molecule has 3 N–H and O–H groups in total. The maximum Gasteiger partial charge on any atom is 0.417 e. The zero-order valence-electron chi connectivity index (χ0n) is 14.3. The number of halogens is 3. The summed E-state index contributed by atoms with van der Waals surface area (Å²) in [4.78, 5) is 22.0. The van der Waals surface area contributed by atoms with Crippen LogP contribution in [0.1, 0.15) is 5.56 Å². The first-order valence-corrected chi connectivity index (χ1v) is 8.04. The Morgan fingerprint density at radius 1 is 1.11 bits per heavy atom. The molecule has 2 aromatic heterocycles. The first kappa shape index (κ1) is 17.6. The molecule has 142 valence electrons. The summed E-state index contributed by atoms with van der Waals surface area (Å²) >= 11 is 0. The molecule has 7 nitrogen and oxygen atoms in total. The molecule has 0 aliphatic rings. The van der Waals surface area contributed by atoms with E-state index in [9.17, 15) is 18.0 Å². The number of nitrogens with one attached hydrogen (secondary N) is 3. The van der Waals surface area contributed by atoms with Gasteiger partial charge in [0.1, 0.15) is 11.6 Å². The van der Waals surface area contributed by atoms with Crippen molar-refractivity contribution >= 4 is 34.2 Å². The number of nitrogens with zero attached hydrogens (tertiary/aromatic N) is 2. The molecule has 0 amide bonds. The van der Waals surface area contributed by atoms with Crippen LogP contribution in [-0.2, 0) is 0 Å². The van der Waals surface area contributed by atoms with Gasteiger partial charge in [-0.3, -0.25) is 4.98 Å². The summed E-state index contributed by atoms with van der Waals surface area (Å²) in [5.41, 5.74) is 1.74. The minimum absolute atomic E-state index is 0.0604. The Hall–Kier alpha value is -3.82.